The lowest BCUT2D eigenvalue weighted by atomic mass is 9.97. The second kappa shape index (κ2) is 5.64. The first-order valence-electron chi connectivity index (χ1n) is 8.45. The average molecular weight is 279 g/mol. The average Bonchev–Trinajstić information content (AvgIpc) is 2.99. The largest absolute Gasteiger partial charge is 0.321 e. The van der Waals surface area contributed by atoms with Gasteiger partial charge >= 0.3 is 0 Å². The molecule has 0 spiro atoms. The Morgan fingerprint density at radius 1 is 1.20 bits per heavy atom. The van der Waals surface area contributed by atoms with Crippen molar-refractivity contribution < 1.29 is 4.79 Å². The van der Waals surface area contributed by atoms with E-state index >= 15 is 0 Å². The monoisotopic (exact) mass is 279 g/mol. The van der Waals surface area contributed by atoms with Gasteiger partial charge in [0.15, 0.2) is 0 Å². The normalized spacial score (nSPS) is 38.8. The van der Waals surface area contributed by atoms with E-state index in [2.05, 4.69) is 35.9 Å². The molecule has 4 unspecified atom stereocenters. The number of fused-ring (bicyclic) bond motifs is 1. The maximum Gasteiger partial charge on any atom is 0.241 e. The third-order valence-corrected chi connectivity index (χ3v) is 5.46. The number of carbonyl (C=O) groups excluding carboxylic acids is 1. The number of rotatable bonds is 3. The minimum Gasteiger partial charge on any atom is -0.321 e. The van der Waals surface area contributed by atoms with E-state index in [0.29, 0.717) is 23.9 Å². The van der Waals surface area contributed by atoms with Crippen LogP contribution in [0.25, 0.3) is 0 Å². The van der Waals surface area contributed by atoms with Gasteiger partial charge in [-0.05, 0) is 38.1 Å². The van der Waals surface area contributed by atoms with Gasteiger partial charge in [-0.3, -0.25) is 15.0 Å². The van der Waals surface area contributed by atoms with Crippen LogP contribution in [-0.2, 0) is 4.79 Å². The lowest BCUT2D eigenvalue weighted by Crippen LogP contribution is -2.51. The lowest BCUT2D eigenvalue weighted by molar-refractivity contribution is -0.133. The minimum atomic E-state index is 0.0255. The van der Waals surface area contributed by atoms with Gasteiger partial charge in [0.05, 0.1) is 18.2 Å². The number of carbonyl (C=O) groups is 1. The van der Waals surface area contributed by atoms with Gasteiger partial charge in [-0.2, -0.15) is 0 Å². The number of amides is 1. The fourth-order valence-corrected chi connectivity index (χ4v) is 4.40. The Labute approximate surface area is 122 Å². The Balaban J connectivity index is 1.79. The summed E-state index contributed by atoms with van der Waals surface area (Å²) in [5, 5.41) is 3.57. The Morgan fingerprint density at radius 2 is 2.00 bits per heavy atom. The molecule has 1 amide bonds. The summed E-state index contributed by atoms with van der Waals surface area (Å²) >= 11 is 0. The molecule has 3 heterocycles. The number of hydrogen-bond acceptors (Lipinski definition) is 3. The molecule has 3 aliphatic rings. The standard InChI is InChI=1S/C16H29N3O/c1-4-14-17-15(11(2)3)16(20)19(14)13-8-10-18-9-6-5-7-12(13)18/h11-15,17H,4-10H2,1-3H3. The fraction of sp³-hybridized carbons (Fsp3) is 0.938. The summed E-state index contributed by atoms with van der Waals surface area (Å²) < 4.78 is 0. The van der Waals surface area contributed by atoms with Gasteiger partial charge in [-0.25, -0.2) is 0 Å². The molecule has 3 aliphatic heterocycles. The highest BCUT2D eigenvalue weighted by atomic mass is 16.2. The molecule has 0 saturated carbocycles. The molecule has 3 fully saturated rings. The van der Waals surface area contributed by atoms with Gasteiger partial charge in [0.25, 0.3) is 0 Å². The zero-order chi connectivity index (χ0) is 14.3. The molecule has 1 N–H and O–H groups in total. The van der Waals surface area contributed by atoms with E-state index in [1.807, 2.05) is 0 Å². The van der Waals surface area contributed by atoms with Crippen molar-refractivity contribution in [2.24, 2.45) is 5.92 Å². The second-order valence-electron chi connectivity index (χ2n) is 7.01. The summed E-state index contributed by atoms with van der Waals surface area (Å²) in [4.78, 5) is 17.7. The molecule has 0 aromatic heterocycles. The van der Waals surface area contributed by atoms with Crippen molar-refractivity contribution in [2.45, 2.75) is 77.2 Å². The Morgan fingerprint density at radius 3 is 2.70 bits per heavy atom. The van der Waals surface area contributed by atoms with Crippen LogP contribution in [0.3, 0.4) is 0 Å². The van der Waals surface area contributed by atoms with Gasteiger partial charge < -0.3 is 4.90 Å². The highest BCUT2D eigenvalue weighted by Gasteiger charge is 2.48. The molecular formula is C16H29N3O. The summed E-state index contributed by atoms with van der Waals surface area (Å²) in [6.07, 6.45) is 6.37. The molecule has 4 heteroatoms. The number of hydrogen-bond donors (Lipinski definition) is 1. The lowest BCUT2D eigenvalue weighted by Gasteiger charge is -2.38. The van der Waals surface area contributed by atoms with Crippen molar-refractivity contribution in [3.63, 3.8) is 0 Å². The first-order valence-corrected chi connectivity index (χ1v) is 8.45. The molecule has 114 valence electrons. The van der Waals surface area contributed by atoms with E-state index in [9.17, 15) is 4.79 Å². The summed E-state index contributed by atoms with van der Waals surface area (Å²) in [6.45, 7) is 8.90. The molecule has 4 nitrogen and oxygen atoms in total. The van der Waals surface area contributed by atoms with Crippen LogP contribution in [0.1, 0.15) is 52.9 Å². The molecule has 0 aromatic rings. The molecular weight excluding hydrogens is 250 g/mol. The zero-order valence-corrected chi connectivity index (χ0v) is 13.1. The van der Waals surface area contributed by atoms with Crippen molar-refractivity contribution in [3.05, 3.63) is 0 Å². The van der Waals surface area contributed by atoms with Crippen LogP contribution in [-0.4, -0.2) is 53.1 Å². The molecule has 20 heavy (non-hydrogen) atoms. The van der Waals surface area contributed by atoms with Crippen molar-refractivity contribution in [1.29, 1.82) is 0 Å². The maximum absolute atomic E-state index is 12.8. The van der Waals surface area contributed by atoms with Crippen LogP contribution in [0, 0.1) is 5.92 Å². The SMILES string of the molecule is CCC1NC(C(C)C)C(=O)N1C1CCN2CCCCC12. The topological polar surface area (TPSA) is 35.6 Å². The van der Waals surface area contributed by atoms with Crippen molar-refractivity contribution in [2.75, 3.05) is 13.1 Å². The predicted octanol–water partition coefficient (Wildman–Crippen LogP) is 1.81. The maximum atomic E-state index is 12.8. The van der Waals surface area contributed by atoms with Gasteiger partial charge in [-0.15, -0.1) is 0 Å². The summed E-state index contributed by atoms with van der Waals surface area (Å²) in [7, 11) is 0. The molecule has 0 radical (unpaired) electrons. The molecule has 3 rings (SSSR count). The number of piperidine rings is 1. The molecule has 0 aromatic carbocycles. The molecule has 3 saturated heterocycles. The first kappa shape index (κ1) is 14.3. The summed E-state index contributed by atoms with van der Waals surface area (Å²) in [6, 6.07) is 1.09. The zero-order valence-electron chi connectivity index (χ0n) is 13.1. The van der Waals surface area contributed by atoms with Gasteiger partial charge in [-0.1, -0.05) is 27.2 Å². The quantitative estimate of drug-likeness (QED) is 0.856. The van der Waals surface area contributed by atoms with Crippen molar-refractivity contribution in [3.8, 4) is 0 Å². The van der Waals surface area contributed by atoms with Gasteiger partial charge in [0.2, 0.25) is 5.91 Å². The summed E-state index contributed by atoms with van der Waals surface area (Å²) in [5.74, 6) is 0.731. The highest BCUT2D eigenvalue weighted by molar-refractivity contribution is 5.85. The van der Waals surface area contributed by atoms with E-state index in [4.69, 9.17) is 0 Å². The van der Waals surface area contributed by atoms with Crippen LogP contribution in [0.5, 0.6) is 0 Å². The summed E-state index contributed by atoms with van der Waals surface area (Å²) in [5.41, 5.74) is 0. The van der Waals surface area contributed by atoms with E-state index in [0.717, 1.165) is 6.42 Å². The van der Waals surface area contributed by atoms with Gasteiger partial charge in [0, 0.05) is 12.6 Å². The van der Waals surface area contributed by atoms with Gasteiger partial charge in [0.1, 0.15) is 0 Å². The predicted molar refractivity (Wildman–Crippen MR) is 80.3 cm³/mol. The third-order valence-electron chi connectivity index (χ3n) is 5.46. The van der Waals surface area contributed by atoms with Crippen molar-refractivity contribution >= 4 is 5.91 Å². The van der Waals surface area contributed by atoms with Crippen LogP contribution >= 0.6 is 0 Å². The van der Waals surface area contributed by atoms with Crippen LogP contribution in [0.2, 0.25) is 0 Å². The van der Waals surface area contributed by atoms with Crippen molar-refractivity contribution in [1.82, 2.24) is 15.1 Å². The number of nitrogens with one attached hydrogen (secondary N) is 1. The van der Waals surface area contributed by atoms with E-state index in [1.54, 1.807) is 0 Å². The number of nitrogens with zero attached hydrogens (tertiary/aromatic N) is 2. The molecule has 0 aliphatic carbocycles. The highest BCUT2D eigenvalue weighted by Crippen LogP contribution is 2.34. The fourth-order valence-electron chi connectivity index (χ4n) is 4.40. The van der Waals surface area contributed by atoms with E-state index in [1.165, 1.54) is 38.8 Å². The molecule has 0 bridgehead atoms. The second-order valence-corrected chi connectivity index (χ2v) is 7.01. The van der Waals surface area contributed by atoms with E-state index in [-0.39, 0.29) is 12.2 Å². The third kappa shape index (κ3) is 2.27. The molecule has 4 atom stereocenters. The van der Waals surface area contributed by atoms with Crippen LogP contribution in [0.15, 0.2) is 0 Å². The Bertz CT molecular complexity index is 371. The van der Waals surface area contributed by atoms with Crippen LogP contribution in [0.4, 0.5) is 0 Å². The Hall–Kier alpha value is -0.610. The minimum absolute atomic E-state index is 0.0255. The van der Waals surface area contributed by atoms with E-state index < -0.39 is 0 Å². The Kier molecular flexibility index (Phi) is 4.04. The van der Waals surface area contributed by atoms with Crippen LogP contribution < -0.4 is 5.32 Å². The smallest absolute Gasteiger partial charge is 0.241 e. The first-order chi connectivity index (χ1) is 9.63.